The molecule has 0 aliphatic carbocycles. The Morgan fingerprint density at radius 1 is 0.828 bits per heavy atom. The maximum atomic E-state index is 14.2. The molecular formula is C17H7Cl3F7IO. The highest BCUT2D eigenvalue weighted by atomic mass is 127. The van der Waals surface area contributed by atoms with Gasteiger partial charge in [-0.15, -0.1) is 0 Å². The van der Waals surface area contributed by atoms with Gasteiger partial charge in [0.1, 0.15) is 0 Å². The summed E-state index contributed by atoms with van der Waals surface area (Å²) in [4.78, 5) is 12.4. The normalized spacial score (nSPS) is 12.9. The molecule has 0 saturated heterocycles. The summed E-state index contributed by atoms with van der Waals surface area (Å²) in [7, 11) is 0. The number of halogens is 11. The van der Waals surface area contributed by atoms with Gasteiger partial charge in [-0.25, -0.2) is 4.39 Å². The summed E-state index contributed by atoms with van der Waals surface area (Å²) in [5, 5.41) is -1.16. The lowest BCUT2D eigenvalue weighted by Gasteiger charge is -2.30. The first-order valence-corrected chi connectivity index (χ1v) is 9.60. The molecule has 0 atom stereocenters. The highest BCUT2D eigenvalue weighted by Gasteiger charge is 2.73. The molecular weight excluding hydrogens is 586 g/mol. The Hall–Kier alpha value is -0.780. The van der Waals surface area contributed by atoms with Gasteiger partial charge in [0, 0.05) is 31.2 Å². The molecule has 0 heterocycles. The van der Waals surface area contributed by atoms with Crippen molar-refractivity contribution in [2.24, 2.45) is 0 Å². The molecule has 0 saturated carbocycles. The van der Waals surface area contributed by atoms with Crippen molar-refractivity contribution in [3.05, 3.63) is 65.7 Å². The van der Waals surface area contributed by atoms with Crippen molar-refractivity contribution in [2.45, 2.75) is 24.4 Å². The van der Waals surface area contributed by atoms with Crippen LogP contribution in [0.3, 0.4) is 0 Å². The van der Waals surface area contributed by atoms with Gasteiger partial charge in [-0.3, -0.25) is 4.79 Å². The monoisotopic (exact) mass is 592 g/mol. The van der Waals surface area contributed by atoms with Crippen molar-refractivity contribution in [1.29, 1.82) is 0 Å². The zero-order valence-electron chi connectivity index (χ0n) is 13.7. The number of carbonyl (C=O) groups is 1. The second-order valence-corrected chi connectivity index (χ2v) is 8.19. The number of hydrogen-bond donors (Lipinski definition) is 0. The molecule has 2 rings (SSSR count). The largest absolute Gasteiger partial charge is 0.435 e. The third-order valence-corrected chi connectivity index (χ3v) is 6.15. The molecule has 0 aliphatic heterocycles. The topological polar surface area (TPSA) is 17.1 Å². The summed E-state index contributed by atoms with van der Waals surface area (Å²) < 4.78 is 92.3. The predicted octanol–water partition coefficient (Wildman–Crippen LogP) is 7.97. The highest BCUT2D eigenvalue weighted by Crippen LogP contribution is 2.54. The Morgan fingerprint density at radius 3 is 1.72 bits per heavy atom. The van der Waals surface area contributed by atoms with Crippen LogP contribution in [0, 0.1) is 3.57 Å². The SMILES string of the molecule is O=C(Cc1c(Cl)cc(C(F)(C(F)(F)F)C(F)(F)F)cc1Cl)c1ccc(I)c(Cl)c1. The average Bonchev–Trinajstić information content (AvgIpc) is 2.57. The van der Waals surface area contributed by atoms with Crippen molar-refractivity contribution in [3.8, 4) is 0 Å². The first-order chi connectivity index (χ1) is 13.1. The molecule has 0 amide bonds. The summed E-state index contributed by atoms with van der Waals surface area (Å²) in [5.41, 5.74) is -7.64. The minimum absolute atomic E-state index is 0.122. The lowest BCUT2D eigenvalue weighted by atomic mass is 9.92. The summed E-state index contributed by atoms with van der Waals surface area (Å²) >= 11 is 19.4. The van der Waals surface area contributed by atoms with Crippen LogP contribution >= 0.6 is 57.4 Å². The lowest BCUT2D eigenvalue weighted by Crippen LogP contribution is -2.50. The van der Waals surface area contributed by atoms with Crippen LogP contribution in [0.2, 0.25) is 15.1 Å². The first kappa shape index (κ1) is 24.5. The quantitative estimate of drug-likeness (QED) is 0.200. The van der Waals surface area contributed by atoms with Crippen LogP contribution in [0.25, 0.3) is 0 Å². The van der Waals surface area contributed by atoms with Crippen molar-refractivity contribution < 1.29 is 35.5 Å². The summed E-state index contributed by atoms with van der Waals surface area (Å²) in [6.45, 7) is 0. The van der Waals surface area contributed by atoms with Gasteiger partial charge in [0.15, 0.2) is 5.78 Å². The fraction of sp³-hybridized carbons (Fsp3) is 0.235. The smallest absolute Gasteiger partial charge is 0.294 e. The number of ketones is 1. The van der Waals surface area contributed by atoms with E-state index in [0.717, 1.165) is 0 Å². The molecule has 0 spiro atoms. The van der Waals surface area contributed by atoms with Crippen LogP contribution in [0.1, 0.15) is 21.5 Å². The van der Waals surface area contributed by atoms with E-state index < -0.39 is 45.8 Å². The Labute approximate surface area is 188 Å². The third-order valence-electron chi connectivity index (χ3n) is 3.90. The summed E-state index contributed by atoms with van der Waals surface area (Å²) in [5.74, 6) is -0.599. The average molecular weight is 593 g/mol. The molecule has 0 fully saturated rings. The number of benzene rings is 2. The zero-order chi connectivity index (χ0) is 22.4. The predicted molar refractivity (Wildman–Crippen MR) is 104 cm³/mol. The molecule has 0 N–H and O–H groups in total. The second kappa shape index (κ2) is 8.39. The lowest BCUT2D eigenvalue weighted by molar-refractivity contribution is -0.348. The van der Waals surface area contributed by atoms with Gasteiger partial charge < -0.3 is 0 Å². The van der Waals surface area contributed by atoms with Crippen molar-refractivity contribution in [3.63, 3.8) is 0 Å². The maximum absolute atomic E-state index is 14.2. The van der Waals surface area contributed by atoms with Crippen LogP contribution in [0.5, 0.6) is 0 Å². The van der Waals surface area contributed by atoms with E-state index in [1.54, 1.807) is 0 Å². The van der Waals surface area contributed by atoms with Gasteiger partial charge in [0.05, 0.1) is 5.02 Å². The molecule has 2 aromatic rings. The Bertz CT molecular complexity index is 920. The van der Waals surface area contributed by atoms with Gasteiger partial charge in [-0.05, 0) is 52.4 Å². The van der Waals surface area contributed by atoms with E-state index in [4.69, 9.17) is 34.8 Å². The minimum atomic E-state index is -6.31. The van der Waals surface area contributed by atoms with Gasteiger partial charge in [-0.1, -0.05) is 40.9 Å². The van der Waals surface area contributed by atoms with E-state index in [-0.39, 0.29) is 28.3 Å². The van der Waals surface area contributed by atoms with Gasteiger partial charge in [-0.2, -0.15) is 26.3 Å². The fourth-order valence-corrected chi connectivity index (χ4v) is 3.53. The van der Waals surface area contributed by atoms with Gasteiger partial charge in [0.2, 0.25) is 0 Å². The molecule has 2 aromatic carbocycles. The standard InChI is InChI=1S/C17H7Cl3F7IO/c18-10-4-8(15(21,16(22,23)24)17(25,26)27)5-11(19)9(10)6-14(29)7-1-2-13(28)12(20)3-7/h1-5H,6H2. The van der Waals surface area contributed by atoms with E-state index in [1.165, 1.54) is 18.2 Å². The van der Waals surface area contributed by atoms with Crippen molar-refractivity contribution >= 4 is 63.2 Å². The molecule has 0 unspecified atom stereocenters. The minimum Gasteiger partial charge on any atom is -0.294 e. The van der Waals surface area contributed by atoms with Crippen LogP contribution in [-0.2, 0) is 12.1 Å². The van der Waals surface area contributed by atoms with Gasteiger partial charge in [0.25, 0.3) is 0 Å². The van der Waals surface area contributed by atoms with Crippen LogP contribution in [-0.4, -0.2) is 18.1 Å². The van der Waals surface area contributed by atoms with E-state index >= 15 is 0 Å². The number of alkyl halides is 7. The highest BCUT2D eigenvalue weighted by molar-refractivity contribution is 14.1. The molecule has 12 heteroatoms. The fourth-order valence-electron chi connectivity index (χ4n) is 2.39. The molecule has 158 valence electrons. The maximum Gasteiger partial charge on any atom is 0.435 e. The molecule has 1 nitrogen and oxygen atoms in total. The number of Topliss-reactive ketones (excluding diaryl/α,β-unsaturated/α-hetero) is 1. The van der Waals surface area contributed by atoms with E-state index in [2.05, 4.69) is 0 Å². The third kappa shape index (κ3) is 4.77. The van der Waals surface area contributed by atoms with E-state index in [1.807, 2.05) is 22.6 Å². The molecule has 0 bridgehead atoms. The van der Waals surface area contributed by atoms with E-state index in [9.17, 15) is 35.5 Å². The van der Waals surface area contributed by atoms with Crippen LogP contribution in [0.4, 0.5) is 30.7 Å². The Morgan fingerprint density at radius 2 is 1.31 bits per heavy atom. The first-order valence-electron chi connectivity index (χ1n) is 7.38. The van der Waals surface area contributed by atoms with Crippen LogP contribution < -0.4 is 0 Å². The second-order valence-electron chi connectivity index (χ2n) is 5.80. The number of carbonyl (C=O) groups excluding carboxylic acids is 1. The molecule has 0 radical (unpaired) electrons. The van der Waals surface area contributed by atoms with Gasteiger partial charge >= 0.3 is 18.0 Å². The van der Waals surface area contributed by atoms with E-state index in [0.29, 0.717) is 3.57 Å². The molecule has 0 aliphatic rings. The van der Waals surface area contributed by atoms with Crippen molar-refractivity contribution in [2.75, 3.05) is 0 Å². The van der Waals surface area contributed by atoms with Crippen LogP contribution in [0.15, 0.2) is 30.3 Å². The molecule has 29 heavy (non-hydrogen) atoms. The summed E-state index contributed by atoms with van der Waals surface area (Å²) in [6.07, 6.45) is -13.2. The number of rotatable bonds is 4. The Balaban J connectivity index is 2.48. The molecule has 0 aromatic heterocycles. The number of hydrogen-bond acceptors (Lipinski definition) is 1. The zero-order valence-corrected chi connectivity index (χ0v) is 18.1. The Kier molecular flexibility index (Phi) is 7.09. The summed E-state index contributed by atoms with van der Waals surface area (Å²) in [6, 6.07) is 4.62. The van der Waals surface area contributed by atoms with Crippen molar-refractivity contribution in [1.82, 2.24) is 0 Å².